The van der Waals surface area contributed by atoms with Gasteiger partial charge >= 0.3 is 6.09 Å². The van der Waals surface area contributed by atoms with Crippen LogP contribution in [0.4, 0.5) is 4.79 Å². The molecule has 1 amide bonds. The van der Waals surface area contributed by atoms with Crippen LogP contribution in [0.5, 0.6) is 0 Å². The number of amides is 1. The van der Waals surface area contributed by atoms with Crippen molar-refractivity contribution in [3.8, 4) is 0 Å². The molecule has 0 atom stereocenters. The molecule has 0 radical (unpaired) electrons. The second-order valence-electron chi connectivity index (χ2n) is 6.01. The fourth-order valence-corrected chi connectivity index (χ4v) is 2.60. The van der Waals surface area contributed by atoms with Gasteiger partial charge in [0.15, 0.2) is 0 Å². The van der Waals surface area contributed by atoms with Crippen LogP contribution in [0.2, 0.25) is 0 Å². The molecule has 1 aliphatic carbocycles. The van der Waals surface area contributed by atoms with Crippen molar-refractivity contribution in [2.75, 3.05) is 5.88 Å². The van der Waals surface area contributed by atoms with Gasteiger partial charge < -0.3 is 10.1 Å². The number of rotatable bonds is 3. The van der Waals surface area contributed by atoms with Gasteiger partial charge in [0.1, 0.15) is 5.60 Å². The van der Waals surface area contributed by atoms with Crippen molar-refractivity contribution >= 4 is 17.7 Å². The molecular weight excluding hydrogens is 250 g/mol. The maximum absolute atomic E-state index is 11.9. The summed E-state index contributed by atoms with van der Waals surface area (Å²) in [6, 6.07) is 0. The van der Waals surface area contributed by atoms with E-state index in [2.05, 4.69) is 11.9 Å². The van der Waals surface area contributed by atoms with E-state index in [-0.39, 0.29) is 11.6 Å². The van der Waals surface area contributed by atoms with Crippen LogP contribution in [-0.4, -0.2) is 23.1 Å². The van der Waals surface area contributed by atoms with Gasteiger partial charge in [0, 0.05) is 5.88 Å². The maximum atomic E-state index is 11.9. The highest BCUT2D eigenvalue weighted by Gasteiger charge is 2.37. The summed E-state index contributed by atoms with van der Waals surface area (Å²) < 4.78 is 5.33. The van der Waals surface area contributed by atoms with Gasteiger partial charge in [-0.25, -0.2) is 4.79 Å². The topological polar surface area (TPSA) is 38.3 Å². The first-order valence-corrected chi connectivity index (χ1v) is 7.08. The molecule has 0 aromatic rings. The number of carbonyl (C=O) groups excluding carboxylic acids is 1. The largest absolute Gasteiger partial charge is 0.444 e. The number of nitrogens with one attached hydrogen (secondary N) is 1. The second-order valence-corrected chi connectivity index (χ2v) is 6.27. The van der Waals surface area contributed by atoms with Crippen LogP contribution in [0.25, 0.3) is 0 Å². The Kier molecular flexibility index (Phi) is 5.09. The minimum atomic E-state index is -0.484. The number of alkyl carbamates (subject to hydrolysis) is 1. The van der Waals surface area contributed by atoms with E-state index in [0.29, 0.717) is 5.88 Å². The lowest BCUT2D eigenvalue weighted by molar-refractivity contribution is 0.0451. The predicted molar refractivity (Wildman–Crippen MR) is 75.0 cm³/mol. The average Bonchev–Trinajstić information content (AvgIpc) is 2.26. The Morgan fingerprint density at radius 2 is 1.89 bits per heavy atom. The molecule has 104 valence electrons. The molecule has 1 fully saturated rings. The zero-order valence-corrected chi connectivity index (χ0v) is 12.4. The quantitative estimate of drug-likeness (QED) is 0.623. The summed E-state index contributed by atoms with van der Waals surface area (Å²) in [5.74, 6) is 0.371. The molecule has 0 aromatic heterocycles. The van der Waals surface area contributed by atoms with E-state index in [1.165, 1.54) is 6.42 Å². The van der Waals surface area contributed by atoms with Gasteiger partial charge in [-0.05, 0) is 39.2 Å². The first kappa shape index (κ1) is 15.4. The second kappa shape index (κ2) is 5.96. The number of ether oxygens (including phenoxy) is 1. The molecule has 1 N–H and O–H groups in total. The van der Waals surface area contributed by atoms with E-state index in [1.807, 2.05) is 20.8 Å². The molecule has 4 heteroatoms. The number of hydrogen-bond acceptors (Lipinski definition) is 2. The molecule has 0 bridgehead atoms. The Bertz CT molecular complexity index is 314. The first-order chi connectivity index (χ1) is 8.29. The molecule has 0 unspecified atom stereocenters. The third-order valence-corrected chi connectivity index (χ3v) is 3.61. The highest BCUT2D eigenvalue weighted by atomic mass is 35.5. The molecule has 0 spiro atoms. The molecule has 3 nitrogen and oxygen atoms in total. The summed E-state index contributed by atoms with van der Waals surface area (Å²) >= 11 is 5.90. The molecule has 18 heavy (non-hydrogen) atoms. The number of hydrogen-bond donors (Lipinski definition) is 1. The van der Waals surface area contributed by atoms with E-state index in [4.69, 9.17) is 16.3 Å². The van der Waals surface area contributed by atoms with Gasteiger partial charge in [0.2, 0.25) is 0 Å². The SMILES string of the molecule is C=C(CCl)C1(NC(=O)OC(C)(C)C)CCCCC1. The van der Waals surface area contributed by atoms with E-state index in [0.717, 1.165) is 31.3 Å². The predicted octanol–water partition coefficient (Wildman–Crippen LogP) is 4.01. The van der Waals surface area contributed by atoms with Crippen LogP contribution in [0.3, 0.4) is 0 Å². The molecular formula is C14H24ClNO2. The first-order valence-electron chi connectivity index (χ1n) is 6.54. The minimum Gasteiger partial charge on any atom is -0.444 e. The third-order valence-electron chi connectivity index (χ3n) is 3.29. The third kappa shape index (κ3) is 4.20. The maximum Gasteiger partial charge on any atom is 0.408 e. The summed E-state index contributed by atoms with van der Waals surface area (Å²) in [6.45, 7) is 9.59. The molecule has 1 aliphatic rings. The van der Waals surface area contributed by atoms with Crippen LogP contribution >= 0.6 is 11.6 Å². The van der Waals surface area contributed by atoms with Crippen molar-refractivity contribution in [2.24, 2.45) is 0 Å². The van der Waals surface area contributed by atoms with Gasteiger partial charge in [-0.1, -0.05) is 25.8 Å². The summed E-state index contributed by atoms with van der Waals surface area (Å²) in [6.07, 6.45) is 4.80. The molecule has 0 heterocycles. The molecule has 0 aromatic carbocycles. The van der Waals surface area contributed by atoms with Crippen molar-refractivity contribution < 1.29 is 9.53 Å². The Hall–Kier alpha value is -0.700. The van der Waals surface area contributed by atoms with Gasteiger partial charge in [-0.2, -0.15) is 0 Å². The van der Waals surface area contributed by atoms with Crippen molar-refractivity contribution in [1.82, 2.24) is 5.32 Å². The van der Waals surface area contributed by atoms with E-state index in [1.54, 1.807) is 0 Å². The van der Waals surface area contributed by atoms with E-state index < -0.39 is 5.60 Å². The molecule has 1 rings (SSSR count). The molecule has 0 aliphatic heterocycles. The molecule has 0 saturated heterocycles. The van der Waals surface area contributed by atoms with Crippen LogP contribution in [0.15, 0.2) is 12.2 Å². The van der Waals surface area contributed by atoms with Crippen LogP contribution in [0.1, 0.15) is 52.9 Å². The Balaban J connectivity index is 2.73. The van der Waals surface area contributed by atoms with E-state index >= 15 is 0 Å². The number of alkyl halides is 1. The fraction of sp³-hybridized carbons (Fsp3) is 0.786. The Labute approximate surface area is 115 Å². The lowest BCUT2D eigenvalue weighted by Crippen LogP contribution is -2.52. The zero-order valence-electron chi connectivity index (χ0n) is 11.6. The smallest absolute Gasteiger partial charge is 0.408 e. The minimum absolute atomic E-state index is 0.371. The Morgan fingerprint density at radius 3 is 2.33 bits per heavy atom. The summed E-state index contributed by atoms with van der Waals surface area (Å²) in [5, 5.41) is 2.99. The average molecular weight is 274 g/mol. The standard InChI is InChI=1S/C14H24ClNO2/c1-11(10-15)14(8-6-5-7-9-14)16-12(17)18-13(2,3)4/h1,5-10H2,2-4H3,(H,16,17). The van der Waals surface area contributed by atoms with Gasteiger partial charge in [0.05, 0.1) is 5.54 Å². The summed E-state index contributed by atoms with van der Waals surface area (Å²) in [7, 11) is 0. The monoisotopic (exact) mass is 273 g/mol. The van der Waals surface area contributed by atoms with Gasteiger partial charge in [0.25, 0.3) is 0 Å². The van der Waals surface area contributed by atoms with Crippen molar-refractivity contribution in [3.05, 3.63) is 12.2 Å². The normalized spacial score (nSPS) is 19.1. The lowest BCUT2D eigenvalue weighted by Gasteiger charge is -2.39. The van der Waals surface area contributed by atoms with Crippen LogP contribution < -0.4 is 5.32 Å². The highest BCUT2D eigenvalue weighted by Crippen LogP contribution is 2.34. The fourth-order valence-electron chi connectivity index (χ4n) is 2.35. The highest BCUT2D eigenvalue weighted by molar-refractivity contribution is 6.19. The van der Waals surface area contributed by atoms with Crippen molar-refractivity contribution in [2.45, 2.75) is 64.0 Å². The van der Waals surface area contributed by atoms with Gasteiger partial charge in [-0.15, -0.1) is 11.6 Å². The lowest BCUT2D eigenvalue weighted by atomic mass is 9.77. The van der Waals surface area contributed by atoms with Crippen molar-refractivity contribution in [3.63, 3.8) is 0 Å². The summed E-state index contributed by atoms with van der Waals surface area (Å²) in [5.41, 5.74) is 0.0274. The van der Waals surface area contributed by atoms with Crippen LogP contribution in [-0.2, 0) is 4.74 Å². The van der Waals surface area contributed by atoms with Crippen molar-refractivity contribution in [1.29, 1.82) is 0 Å². The van der Waals surface area contributed by atoms with Crippen LogP contribution in [0, 0.1) is 0 Å². The zero-order chi connectivity index (χ0) is 13.8. The van der Waals surface area contributed by atoms with E-state index in [9.17, 15) is 4.79 Å². The number of carbonyl (C=O) groups is 1. The summed E-state index contributed by atoms with van der Waals surface area (Å²) in [4.78, 5) is 11.9. The molecule has 1 saturated carbocycles. The Morgan fingerprint density at radius 1 is 1.33 bits per heavy atom. The number of halogens is 1. The van der Waals surface area contributed by atoms with Gasteiger partial charge in [-0.3, -0.25) is 0 Å².